The summed E-state index contributed by atoms with van der Waals surface area (Å²) in [5, 5.41) is 32.2. The number of hydrogen-bond acceptors (Lipinski definition) is 9. The van der Waals surface area contributed by atoms with Gasteiger partial charge in [-0.15, -0.1) is 0 Å². The van der Waals surface area contributed by atoms with Crippen molar-refractivity contribution in [1.82, 2.24) is 4.90 Å². The first kappa shape index (κ1) is 58.1. The van der Waals surface area contributed by atoms with Crippen LogP contribution in [-0.4, -0.2) is 66.2 Å². The van der Waals surface area contributed by atoms with Crippen molar-refractivity contribution in [3.05, 3.63) is 23.3 Å². The van der Waals surface area contributed by atoms with Gasteiger partial charge in [-0.25, -0.2) is 0 Å². The van der Waals surface area contributed by atoms with E-state index in [4.69, 9.17) is 9.47 Å². The van der Waals surface area contributed by atoms with Gasteiger partial charge in [0.2, 0.25) is 0 Å². The van der Waals surface area contributed by atoms with Crippen molar-refractivity contribution >= 4 is 17.7 Å². The average Bonchev–Trinajstić information content (AvgIpc) is 3.63. The smallest absolute Gasteiger partial charge is 0.550 e. The van der Waals surface area contributed by atoms with Gasteiger partial charge in [-0.2, -0.15) is 0 Å². The molecule has 2 heterocycles. The van der Waals surface area contributed by atoms with Gasteiger partial charge in [0.25, 0.3) is 0 Å². The van der Waals surface area contributed by atoms with Crippen LogP contribution in [0.4, 0.5) is 0 Å². The number of likely N-dealkylation sites (tertiary alicyclic amines) is 1. The molecule has 0 amide bonds. The normalized spacial score (nSPS) is 21.4. The molecule has 1 aromatic rings. The SMILES string of the molecule is CCCCCCCCCCCCCCCCCC(=O)[O-].CCCCCCCCCCCCCCCCCC(=O)[O-].COc1ccc2c3c1O[C@H]1C(=O)CC[C@@]4(O)[C@@H](C2)N(C)CC[C@]314.[Zn+2]. The Morgan fingerprint density at radius 3 is 1.44 bits per heavy atom. The second-order valence-electron chi connectivity index (χ2n) is 19.6. The Kier molecular flexibility index (Phi) is 30.4. The van der Waals surface area contributed by atoms with Crippen molar-refractivity contribution in [2.75, 3.05) is 20.7 Å². The van der Waals surface area contributed by atoms with E-state index in [1.165, 1.54) is 173 Å². The number of ether oxygens (including phenoxy) is 2. The summed E-state index contributed by atoms with van der Waals surface area (Å²) in [6.07, 6.45) is 41.6. The second kappa shape index (κ2) is 33.4. The number of nitrogens with zero attached hydrogens (tertiary/aromatic N) is 1. The molecule has 10 heteroatoms. The van der Waals surface area contributed by atoms with E-state index in [1.807, 2.05) is 6.07 Å². The van der Waals surface area contributed by atoms with E-state index in [2.05, 4.69) is 31.9 Å². The number of rotatable bonds is 33. The summed E-state index contributed by atoms with van der Waals surface area (Å²) < 4.78 is 11.6. The van der Waals surface area contributed by atoms with Crippen molar-refractivity contribution in [3.8, 4) is 11.5 Å². The number of hydrogen-bond donors (Lipinski definition) is 1. The zero-order valence-electron chi connectivity index (χ0n) is 41.4. The maximum absolute atomic E-state index is 12.7. The number of ketones is 1. The summed E-state index contributed by atoms with van der Waals surface area (Å²) in [6.45, 7) is 5.41. The third-order valence-corrected chi connectivity index (χ3v) is 14.7. The third kappa shape index (κ3) is 18.6. The summed E-state index contributed by atoms with van der Waals surface area (Å²) >= 11 is 0. The van der Waals surface area contributed by atoms with Crippen LogP contribution in [0.3, 0.4) is 0 Å². The molecule has 2 fully saturated rings. The first-order chi connectivity index (χ1) is 30.6. The van der Waals surface area contributed by atoms with Gasteiger partial charge < -0.3 is 39.3 Å². The maximum Gasteiger partial charge on any atom is 2.00 e. The third-order valence-electron chi connectivity index (χ3n) is 14.7. The van der Waals surface area contributed by atoms with Gasteiger partial charge >= 0.3 is 19.5 Å². The van der Waals surface area contributed by atoms with Crippen LogP contribution in [0.15, 0.2) is 12.1 Å². The minimum atomic E-state index is -0.903. The number of benzene rings is 1. The Morgan fingerprint density at radius 1 is 0.672 bits per heavy atom. The van der Waals surface area contributed by atoms with Gasteiger partial charge in [0.1, 0.15) is 0 Å². The van der Waals surface area contributed by atoms with E-state index in [0.29, 0.717) is 24.3 Å². The molecule has 9 nitrogen and oxygen atoms in total. The summed E-state index contributed by atoms with van der Waals surface area (Å²) in [7, 11) is 3.70. The van der Waals surface area contributed by atoms with Crippen molar-refractivity contribution in [3.63, 3.8) is 0 Å². The Hall–Kier alpha value is -2.03. The minimum Gasteiger partial charge on any atom is -0.550 e. The number of aliphatic hydroxyl groups is 1. The quantitative estimate of drug-likeness (QED) is 0.0539. The molecule has 0 aromatic heterocycles. The van der Waals surface area contributed by atoms with E-state index >= 15 is 0 Å². The number of carboxylic acids is 2. The molecular formula is C54H91NO8Zn. The molecule has 0 radical (unpaired) electrons. The predicted molar refractivity (Wildman–Crippen MR) is 252 cm³/mol. The van der Waals surface area contributed by atoms with Crippen LogP contribution >= 0.6 is 0 Å². The molecule has 1 spiro atoms. The Balaban J connectivity index is 0.000000330. The zero-order chi connectivity index (χ0) is 45.8. The number of aliphatic carboxylic acids is 2. The monoisotopic (exact) mass is 946 g/mol. The van der Waals surface area contributed by atoms with Crippen LogP contribution in [0.5, 0.6) is 11.5 Å². The van der Waals surface area contributed by atoms with Crippen molar-refractivity contribution < 1.29 is 58.7 Å². The van der Waals surface area contributed by atoms with Crippen LogP contribution in [0, 0.1) is 0 Å². The number of Topliss-reactive ketones (excluding diaryl/α,β-unsaturated/α-hetero) is 1. The largest absolute Gasteiger partial charge is 2.00 e. The van der Waals surface area contributed by atoms with E-state index in [9.17, 15) is 29.7 Å². The van der Waals surface area contributed by atoms with Gasteiger partial charge in [-0.1, -0.05) is 200 Å². The average molecular weight is 948 g/mol. The summed E-state index contributed by atoms with van der Waals surface area (Å²) in [5.74, 6) is -0.338. The number of likely N-dealkylation sites (N-methyl/N-ethyl adjacent to an activating group) is 1. The van der Waals surface area contributed by atoms with E-state index in [0.717, 1.165) is 50.6 Å². The standard InChI is InChI=1S/C18H21NO4.2C18H36O2.Zn/c1-19-8-7-17-14-10-3-4-12(22-2)15(14)23-16(17)11(20)5-6-18(17,21)13(19)9-10;2*1-2-3-4-5-6-7-8-9-10-11-12-13-14-15-16-17-18(19)20;/h3-4,13,16,21H,5-9H2,1-2H3;2*2-17H2,1H3,(H,19,20);/q;;;+2/p-2/t13-,16+,17+,18-;;;/m1.../s1. The van der Waals surface area contributed by atoms with Crippen LogP contribution in [0.2, 0.25) is 0 Å². The second-order valence-corrected chi connectivity index (χ2v) is 19.6. The van der Waals surface area contributed by atoms with Gasteiger partial charge in [0.15, 0.2) is 23.4 Å². The molecule has 1 aromatic carbocycles. The minimum absolute atomic E-state index is 0. The molecule has 0 unspecified atom stereocenters. The van der Waals surface area contributed by atoms with E-state index in [1.54, 1.807) is 7.11 Å². The van der Waals surface area contributed by atoms with Crippen molar-refractivity contribution in [1.29, 1.82) is 0 Å². The molecule has 2 aliphatic carbocycles. The Labute approximate surface area is 403 Å². The van der Waals surface area contributed by atoms with E-state index < -0.39 is 29.1 Å². The fraction of sp³-hybridized carbons (Fsp3) is 0.833. The number of carboxylic acid groups (broad SMARTS) is 2. The fourth-order valence-electron chi connectivity index (χ4n) is 11.0. The van der Waals surface area contributed by atoms with Crippen molar-refractivity contribution in [2.24, 2.45) is 0 Å². The summed E-state index contributed by atoms with van der Waals surface area (Å²) in [5.41, 5.74) is 0.737. The topological polar surface area (TPSA) is 139 Å². The number of carbonyl (C=O) groups excluding carboxylic acids is 3. The molecule has 2 bridgehead atoms. The van der Waals surface area contributed by atoms with Gasteiger partial charge in [-0.3, -0.25) is 4.79 Å². The Morgan fingerprint density at radius 2 is 1.06 bits per heavy atom. The maximum atomic E-state index is 12.7. The van der Waals surface area contributed by atoms with Crippen LogP contribution < -0.4 is 19.7 Å². The number of methoxy groups -OCH3 is 1. The summed E-state index contributed by atoms with van der Waals surface area (Å²) in [6, 6.07) is 4.05. The first-order valence-corrected chi connectivity index (χ1v) is 26.3. The van der Waals surface area contributed by atoms with Crippen LogP contribution in [0.1, 0.15) is 250 Å². The number of piperidine rings is 1. The number of unbranched alkanes of at least 4 members (excludes halogenated alkanes) is 28. The van der Waals surface area contributed by atoms with Gasteiger partial charge in [0.05, 0.1) is 18.1 Å². The molecule has 1 N–H and O–H groups in total. The molecule has 5 rings (SSSR count). The molecule has 2 aliphatic heterocycles. The molecule has 362 valence electrons. The van der Waals surface area contributed by atoms with E-state index in [-0.39, 0.29) is 44.1 Å². The van der Waals surface area contributed by atoms with Crippen LogP contribution in [0.25, 0.3) is 0 Å². The van der Waals surface area contributed by atoms with Gasteiger partial charge in [0, 0.05) is 30.0 Å². The van der Waals surface area contributed by atoms with Crippen LogP contribution in [-0.2, 0) is 45.7 Å². The molecule has 4 aliphatic rings. The molecule has 64 heavy (non-hydrogen) atoms. The zero-order valence-corrected chi connectivity index (χ0v) is 44.4. The number of carbonyl (C=O) groups is 3. The van der Waals surface area contributed by atoms with Gasteiger partial charge in [-0.05, 0) is 70.2 Å². The molecule has 1 saturated heterocycles. The first-order valence-electron chi connectivity index (χ1n) is 26.3. The molecule has 4 atom stereocenters. The summed E-state index contributed by atoms with van der Waals surface area (Å²) in [4.78, 5) is 35.4. The Bertz CT molecular complexity index is 1400. The van der Waals surface area contributed by atoms with Crippen molar-refractivity contribution in [2.45, 2.75) is 268 Å². The fourth-order valence-corrected chi connectivity index (χ4v) is 11.0. The molecular weight excluding hydrogens is 856 g/mol. The molecule has 1 saturated carbocycles. The predicted octanol–water partition coefficient (Wildman–Crippen LogP) is 11.0.